The molecular formula is C14H22N4O3. The molecule has 7 heteroatoms. The van der Waals surface area contributed by atoms with Crippen LogP contribution >= 0.6 is 0 Å². The van der Waals surface area contributed by atoms with E-state index < -0.39 is 5.54 Å². The maximum absolute atomic E-state index is 12.5. The molecule has 1 atom stereocenters. The van der Waals surface area contributed by atoms with Crippen LogP contribution < -0.4 is 11.1 Å². The van der Waals surface area contributed by atoms with Crippen LogP contribution in [0.15, 0.2) is 0 Å². The lowest BCUT2D eigenvalue weighted by molar-refractivity contribution is -0.131. The first kappa shape index (κ1) is 14.3. The standard InChI is InChI=1S/C14H22N4O3/c15-11(19)10-4-3-7-17(10)8-9-18-12(20)14(16-13(18)21)5-1-2-6-14/h10H,1-9H2,(H2,15,19)(H,16,21). The molecule has 0 bridgehead atoms. The Balaban J connectivity index is 1.61. The Morgan fingerprint density at radius 3 is 2.62 bits per heavy atom. The number of rotatable bonds is 4. The van der Waals surface area contributed by atoms with Gasteiger partial charge in [-0.1, -0.05) is 12.8 Å². The van der Waals surface area contributed by atoms with Gasteiger partial charge >= 0.3 is 6.03 Å². The minimum Gasteiger partial charge on any atom is -0.368 e. The van der Waals surface area contributed by atoms with Crippen molar-refractivity contribution in [2.75, 3.05) is 19.6 Å². The summed E-state index contributed by atoms with van der Waals surface area (Å²) in [5.74, 6) is -0.420. The van der Waals surface area contributed by atoms with Crippen molar-refractivity contribution >= 4 is 17.8 Å². The number of nitrogens with zero attached hydrogens (tertiary/aromatic N) is 2. The molecule has 3 rings (SSSR count). The van der Waals surface area contributed by atoms with Gasteiger partial charge in [-0.05, 0) is 32.2 Å². The maximum Gasteiger partial charge on any atom is 0.325 e. The van der Waals surface area contributed by atoms with E-state index in [0.717, 1.165) is 45.1 Å². The third-order valence-corrected chi connectivity index (χ3v) is 5.01. The highest BCUT2D eigenvalue weighted by atomic mass is 16.2. The SMILES string of the molecule is NC(=O)C1CCCN1CCN1C(=O)NC2(CCCC2)C1=O. The van der Waals surface area contributed by atoms with Crippen LogP contribution in [0.5, 0.6) is 0 Å². The molecule has 3 fully saturated rings. The predicted octanol–water partition coefficient (Wildman–Crippen LogP) is -0.199. The van der Waals surface area contributed by atoms with Gasteiger partial charge in [0, 0.05) is 13.1 Å². The molecule has 3 N–H and O–H groups in total. The summed E-state index contributed by atoms with van der Waals surface area (Å²) < 4.78 is 0. The number of urea groups is 1. The monoisotopic (exact) mass is 294 g/mol. The van der Waals surface area contributed by atoms with Crippen molar-refractivity contribution in [1.29, 1.82) is 0 Å². The average Bonchev–Trinajstić information content (AvgIpc) is 3.11. The lowest BCUT2D eigenvalue weighted by Gasteiger charge is -2.24. The van der Waals surface area contributed by atoms with Gasteiger partial charge in [0.1, 0.15) is 5.54 Å². The van der Waals surface area contributed by atoms with Crippen molar-refractivity contribution in [2.45, 2.75) is 50.1 Å². The van der Waals surface area contributed by atoms with Gasteiger partial charge in [0.15, 0.2) is 0 Å². The summed E-state index contributed by atoms with van der Waals surface area (Å²) in [6, 6.07) is -0.553. The molecule has 1 saturated carbocycles. The normalized spacial score (nSPS) is 28.6. The molecule has 21 heavy (non-hydrogen) atoms. The van der Waals surface area contributed by atoms with Crippen molar-refractivity contribution < 1.29 is 14.4 Å². The molecule has 1 aliphatic carbocycles. The van der Waals surface area contributed by atoms with Gasteiger partial charge in [-0.25, -0.2) is 4.79 Å². The Labute approximate surface area is 123 Å². The number of amides is 4. The number of imide groups is 1. The third kappa shape index (κ3) is 2.39. The first-order chi connectivity index (χ1) is 10.0. The van der Waals surface area contributed by atoms with Gasteiger partial charge in [0.25, 0.3) is 5.91 Å². The Morgan fingerprint density at radius 1 is 1.24 bits per heavy atom. The number of hydrogen-bond acceptors (Lipinski definition) is 4. The largest absolute Gasteiger partial charge is 0.368 e. The molecule has 2 saturated heterocycles. The molecule has 4 amide bonds. The van der Waals surface area contributed by atoms with Gasteiger partial charge in [0.05, 0.1) is 6.04 Å². The average molecular weight is 294 g/mol. The fourth-order valence-electron chi connectivity index (χ4n) is 3.84. The number of carbonyl (C=O) groups is 3. The van der Waals surface area contributed by atoms with Crippen LogP contribution in [0.1, 0.15) is 38.5 Å². The fraction of sp³-hybridized carbons (Fsp3) is 0.786. The van der Waals surface area contributed by atoms with Gasteiger partial charge in [0.2, 0.25) is 5.91 Å². The Morgan fingerprint density at radius 2 is 1.95 bits per heavy atom. The van der Waals surface area contributed by atoms with E-state index in [-0.39, 0.29) is 23.9 Å². The van der Waals surface area contributed by atoms with E-state index in [4.69, 9.17) is 5.73 Å². The fourth-order valence-corrected chi connectivity index (χ4v) is 3.84. The van der Waals surface area contributed by atoms with Crippen molar-refractivity contribution in [3.63, 3.8) is 0 Å². The third-order valence-electron chi connectivity index (χ3n) is 5.01. The Bertz CT molecular complexity index is 473. The highest BCUT2D eigenvalue weighted by Gasteiger charge is 2.52. The first-order valence-corrected chi connectivity index (χ1v) is 7.71. The zero-order valence-corrected chi connectivity index (χ0v) is 12.1. The van der Waals surface area contributed by atoms with Gasteiger partial charge in [-0.3, -0.25) is 19.4 Å². The highest BCUT2D eigenvalue weighted by molar-refractivity contribution is 6.07. The van der Waals surface area contributed by atoms with Crippen molar-refractivity contribution in [3.05, 3.63) is 0 Å². The summed E-state index contributed by atoms with van der Waals surface area (Å²) in [7, 11) is 0. The van der Waals surface area contributed by atoms with Crippen LogP contribution in [0.25, 0.3) is 0 Å². The molecule has 2 aliphatic heterocycles. The summed E-state index contributed by atoms with van der Waals surface area (Å²) in [4.78, 5) is 39.2. The van der Waals surface area contributed by atoms with E-state index in [9.17, 15) is 14.4 Å². The molecule has 7 nitrogen and oxygen atoms in total. The first-order valence-electron chi connectivity index (χ1n) is 7.71. The molecule has 116 valence electrons. The Hall–Kier alpha value is -1.63. The number of likely N-dealkylation sites (tertiary alicyclic amines) is 1. The van der Waals surface area contributed by atoms with Crippen LogP contribution in [0.2, 0.25) is 0 Å². The maximum atomic E-state index is 12.5. The Kier molecular flexibility index (Phi) is 3.61. The molecule has 0 aromatic heterocycles. The zero-order chi connectivity index (χ0) is 15.0. The van der Waals surface area contributed by atoms with E-state index in [0.29, 0.717) is 13.1 Å². The summed E-state index contributed by atoms with van der Waals surface area (Å²) in [6.45, 7) is 1.64. The van der Waals surface area contributed by atoms with Crippen LogP contribution in [-0.4, -0.2) is 58.9 Å². The van der Waals surface area contributed by atoms with E-state index in [1.54, 1.807) is 0 Å². The lowest BCUT2D eigenvalue weighted by atomic mass is 9.98. The van der Waals surface area contributed by atoms with E-state index in [1.165, 1.54) is 4.90 Å². The van der Waals surface area contributed by atoms with Crippen LogP contribution in [0, 0.1) is 0 Å². The van der Waals surface area contributed by atoms with Gasteiger partial charge < -0.3 is 11.1 Å². The van der Waals surface area contributed by atoms with Crippen molar-refractivity contribution in [3.8, 4) is 0 Å². The van der Waals surface area contributed by atoms with Crippen LogP contribution in [-0.2, 0) is 9.59 Å². The smallest absolute Gasteiger partial charge is 0.325 e. The van der Waals surface area contributed by atoms with Crippen LogP contribution in [0.3, 0.4) is 0 Å². The summed E-state index contributed by atoms with van der Waals surface area (Å²) in [5, 5.41) is 2.87. The molecular weight excluding hydrogens is 272 g/mol. The van der Waals surface area contributed by atoms with Gasteiger partial charge in [-0.2, -0.15) is 0 Å². The molecule has 3 aliphatic rings. The summed E-state index contributed by atoms with van der Waals surface area (Å²) >= 11 is 0. The minimum atomic E-state index is -0.648. The topological polar surface area (TPSA) is 95.7 Å². The quantitative estimate of drug-likeness (QED) is 0.702. The second kappa shape index (κ2) is 5.29. The molecule has 0 radical (unpaired) electrons. The number of nitrogens with one attached hydrogen (secondary N) is 1. The lowest BCUT2D eigenvalue weighted by Crippen LogP contribution is -2.46. The van der Waals surface area contributed by atoms with E-state index in [1.807, 2.05) is 4.90 Å². The second-order valence-corrected chi connectivity index (χ2v) is 6.27. The van der Waals surface area contributed by atoms with Crippen molar-refractivity contribution in [1.82, 2.24) is 15.1 Å². The van der Waals surface area contributed by atoms with Gasteiger partial charge in [-0.15, -0.1) is 0 Å². The molecule has 1 unspecified atom stereocenters. The molecule has 2 heterocycles. The second-order valence-electron chi connectivity index (χ2n) is 6.27. The summed E-state index contributed by atoms with van der Waals surface area (Å²) in [5.41, 5.74) is 4.73. The highest BCUT2D eigenvalue weighted by Crippen LogP contribution is 2.35. The predicted molar refractivity (Wildman–Crippen MR) is 75.2 cm³/mol. The van der Waals surface area contributed by atoms with E-state index >= 15 is 0 Å². The summed E-state index contributed by atoms with van der Waals surface area (Å²) in [6.07, 6.45) is 5.13. The number of nitrogens with two attached hydrogens (primary N) is 1. The number of primary amides is 1. The zero-order valence-electron chi connectivity index (χ0n) is 12.1. The number of carbonyl (C=O) groups excluding carboxylic acids is 3. The minimum absolute atomic E-state index is 0.0974. The molecule has 1 spiro atoms. The van der Waals surface area contributed by atoms with Crippen molar-refractivity contribution in [2.24, 2.45) is 5.73 Å². The van der Waals surface area contributed by atoms with Crippen LogP contribution in [0.4, 0.5) is 4.79 Å². The molecule has 0 aromatic rings. The number of hydrogen-bond donors (Lipinski definition) is 2. The molecule has 0 aromatic carbocycles. The van der Waals surface area contributed by atoms with E-state index in [2.05, 4.69) is 5.32 Å².